The van der Waals surface area contributed by atoms with Crippen LogP contribution in [0.5, 0.6) is 0 Å². The topological polar surface area (TPSA) is 74.8 Å². The average molecular weight is 368 g/mol. The number of benzene rings is 1. The second kappa shape index (κ2) is 6.97. The first-order chi connectivity index (χ1) is 12.6. The minimum atomic E-state index is -0.102. The van der Waals surface area contributed by atoms with Gasteiger partial charge in [0.25, 0.3) is 5.56 Å². The Hall–Kier alpha value is -2.57. The zero-order valence-corrected chi connectivity index (χ0v) is 15.1. The SMILES string of the molecule is Cc1cccc(Cl)c1CN1CCc2nc(-c3cncnc3)[nH]c(=O)c2C1. The van der Waals surface area contributed by atoms with Crippen molar-refractivity contribution >= 4 is 11.6 Å². The van der Waals surface area contributed by atoms with Crippen LogP contribution in [-0.2, 0) is 19.5 Å². The third-order valence-electron chi connectivity index (χ3n) is 4.72. The van der Waals surface area contributed by atoms with Crippen molar-refractivity contribution in [3.63, 3.8) is 0 Å². The van der Waals surface area contributed by atoms with Gasteiger partial charge in [-0.1, -0.05) is 23.7 Å². The van der Waals surface area contributed by atoms with E-state index in [-0.39, 0.29) is 5.56 Å². The molecule has 0 unspecified atom stereocenters. The molecule has 7 heteroatoms. The summed E-state index contributed by atoms with van der Waals surface area (Å²) in [6.45, 7) is 4.17. The summed E-state index contributed by atoms with van der Waals surface area (Å²) in [7, 11) is 0. The Kier molecular flexibility index (Phi) is 4.53. The third kappa shape index (κ3) is 3.25. The molecule has 0 bridgehead atoms. The highest BCUT2D eigenvalue weighted by atomic mass is 35.5. The Morgan fingerprint density at radius 2 is 2.08 bits per heavy atom. The van der Waals surface area contributed by atoms with E-state index in [1.807, 2.05) is 12.1 Å². The van der Waals surface area contributed by atoms with Gasteiger partial charge in [-0.25, -0.2) is 15.0 Å². The minimum Gasteiger partial charge on any atom is -0.306 e. The molecule has 3 heterocycles. The molecule has 1 aliphatic rings. The summed E-state index contributed by atoms with van der Waals surface area (Å²) in [6, 6.07) is 5.92. The number of aryl methyl sites for hydroxylation is 1. The van der Waals surface area contributed by atoms with Gasteiger partial charge in [0.1, 0.15) is 12.2 Å². The quantitative estimate of drug-likeness (QED) is 0.770. The van der Waals surface area contributed by atoms with E-state index in [0.29, 0.717) is 17.9 Å². The maximum Gasteiger partial charge on any atom is 0.255 e. The zero-order valence-electron chi connectivity index (χ0n) is 14.4. The summed E-state index contributed by atoms with van der Waals surface area (Å²) in [4.78, 5) is 30.3. The molecule has 26 heavy (non-hydrogen) atoms. The number of hydrogen-bond acceptors (Lipinski definition) is 5. The number of halogens is 1. The molecule has 4 rings (SSSR count). The van der Waals surface area contributed by atoms with Crippen molar-refractivity contribution < 1.29 is 0 Å². The fourth-order valence-electron chi connectivity index (χ4n) is 3.26. The van der Waals surface area contributed by atoms with Crippen LogP contribution in [0.1, 0.15) is 22.4 Å². The Balaban J connectivity index is 1.61. The summed E-state index contributed by atoms with van der Waals surface area (Å²) in [5.41, 5.74) is 4.45. The predicted octanol–water partition coefficient (Wildman–Crippen LogP) is 2.75. The molecule has 0 fully saturated rings. The normalized spacial score (nSPS) is 14.2. The molecule has 0 spiro atoms. The lowest BCUT2D eigenvalue weighted by Crippen LogP contribution is -2.35. The molecule has 132 valence electrons. The first-order valence-corrected chi connectivity index (χ1v) is 8.83. The van der Waals surface area contributed by atoms with E-state index < -0.39 is 0 Å². The van der Waals surface area contributed by atoms with Gasteiger partial charge in [0.15, 0.2) is 0 Å². The highest BCUT2D eigenvalue weighted by molar-refractivity contribution is 6.31. The maximum absolute atomic E-state index is 12.6. The molecule has 1 N–H and O–H groups in total. The van der Waals surface area contributed by atoms with Crippen LogP contribution in [-0.4, -0.2) is 31.4 Å². The van der Waals surface area contributed by atoms with Gasteiger partial charge < -0.3 is 4.98 Å². The van der Waals surface area contributed by atoms with Crippen molar-refractivity contribution in [2.75, 3.05) is 6.54 Å². The van der Waals surface area contributed by atoms with Gasteiger partial charge >= 0.3 is 0 Å². The lowest BCUT2D eigenvalue weighted by atomic mass is 10.0. The Labute approximate surface area is 155 Å². The van der Waals surface area contributed by atoms with E-state index in [9.17, 15) is 4.79 Å². The number of H-pyrrole nitrogens is 1. The zero-order chi connectivity index (χ0) is 18.1. The number of aromatic amines is 1. The molecule has 0 atom stereocenters. The molecule has 0 amide bonds. The summed E-state index contributed by atoms with van der Waals surface area (Å²) in [5, 5.41) is 0.766. The molecule has 6 nitrogen and oxygen atoms in total. The Bertz CT molecular complexity index is 982. The first-order valence-electron chi connectivity index (χ1n) is 8.45. The van der Waals surface area contributed by atoms with Gasteiger partial charge in [0.05, 0.1) is 16.8 Å². The minimum absolute atomic E-state index is 0.102. The van der Waals surface area contributed by atoms with Crippen LogP contribution in [0, 0.1) is 6.92 Å². The summed E-state index contributed by atoms with van der Waals surface area (Å²) >= 11 is 6.35. The van der Waals surface area contributed by atoms with Gasteiger partial charge in [-0.05, 0) is 24.1 Å². The first kappa shape index (κ1) is 16.9. The number of nitrogens with one attached hydrogen (secondary N) is 1. The van der Waals surface area contributed by atoms with Gasteiger partial charge in [-0.15, -0.1) is 0 Å². The highest BCUT2D eigenvalue weighted by Crippen LogP contribution is 2.24. The average Bonchev–Trinajstić information content (AvgIpc) is 2.66. The molecule has 0 saturated carbocycles. The van der Waals surface area contributed by atoms with Crippen molar-refractivity contribution in [1.29, 1.82) is 0 Å². The monoisotopic (exact) mass is 367 g/mol. The van der Waals surface area contributed by atoms with Crippen LogP contribution in [0.25, 0.3) is 11.4 Å². The van der Waals surface area contributed by atoms with E-state index in [4.69, 9.17) is 11.6 Å². The standard InChI is InChI=1S/C19H18ClN5O/c1-12-3-2-4-16(20)14(12)9-25-6-5-17-15(10-25)19(26)24-18(23-17)13-7-21-11-22-8-13/h2-4,7-8,11H,5-6,9-10H2,1H3,(H,23,24,26). The molecular weight excluding hydrogens is 350 g/mol. The molecule has 3 aromatic rings. The largest absolute Gasteiger partial charge is 0.306 e. The maximum atomic E-state index is 12.6. The van der Waals surface area contributed by atoms with E-state index in [1.54, 1.807) is 12.4 Å². The second-order valence-corrected chi connectivity index (χ2v) is 6.87. The lowest BCUT2D eigenvalue weighted by molar-refractivity contribution is 0.241. The molecule has 0 aliphatic carbocycles. The van der Waals surface area contributed by atoms with Crippen LogP contribution >= 0.6 is 11.6 Å². The van der Waals surface area contributed by atoms with Crippen molar-refractivity contribution in [1.82, 2.24) is 24.8 Å². The van der Waals surface area contributed by atoms with Crippen LogP contribution in [0.3, 0.4) is 0 Å². The van der Waals surface area contributed by atoms with Gasteiger partial charge in [0, 0.05) is 43.5 Å². The van der Waals surface area contributed by atoms with E-state index >= 15 is 0 Å². The molecule has 2 aromatic heterocycles. The van der Waals surface area contributed by atoms with Crippen LogP contribution < -0.4 is 5.56 Å². The van der Waals surface area contributed by atoms with E-state index in [0.717, 1.165) is 46.9 Å². The van der Waals surface area contributed by atoms with Gasteiger partial charge in [-0.3, -0.25) is 9.69 Å². The number of aromatic nitrogens is 4. The third-order valence-corrected chi connectivity index (χ3v) is 5.07. The van der Waals surface area contributed by atoms with Crippen molar-refractivity contribution in [3.05, 3.63) is 74.7 Å². The number of hydrogen-bond donors (Lipinski definition) is 1. The van der Waals surface area contributed by atoms with Crippen LogP contribution in [0.4, 0.5) is 0 Å². The van der Waals surface area contributed by atoms with E-state index in [2.05, 4.69) is 37.8 Å². The Morgan fingerprint density at radius 1 is 1.27 bits per heavy atom. The van der Waals surface area contributed by atoms with Crippen LogP contribution in [0.15, 0.2) is 41.7 Å². The number of rotatable bonds is 3. The number of nitrogens with zero attached hydrogens (tertiary/aromatic N) is 4. The predicted molar refractivity (Wildman–Crippen MR) is 99.9 cm³/mol. The molecular formula is C19H18ClN5O. The summed E-state index contributed by atoms with van der Waals surface area (Å²) in [6.07, 6.45) is 5.47. The Morgan fingerprint density at radius 3 is 2.85 bits per heavy atom. The lowest BCUT2D eigenvalue weighted by Gasteiger charge is -2.28. The summed E-state index contributed by atoms with van der Waals surface area (Å²) in [5.74, 6) is 0.518. The fourth-order valence-corrected chi connectivity index (χ4v) is 3.55. The molecule has 0 radical (unpaired) electrons. The fraction of sp³-hybridized carbons (Fsp3) is 0.263. The molecule has 1 aromatic carbocycles. The summed E-state index contributed by atoms with van der Waals surface area (Å²) < 4.78 is 0. The van der Waals surface area contributed by atoms with Crippen molar-refractivity contribution in [3.8, 4) is 11.4 Å². The molecule has 1 aliphatic heterocycles. The van der Waals surface area contributed by atoms with Gasteiger partial charge in [-0.2, -0.15) is 0 Å². The van der Waals surface area contributed by atoms with Crippen molar-refractivity contribution in [2.24, 2.45) is 0 Å². The van der Waals surface area contributed by atoms with Crippen LogP contribution in [0.2, 0.25) is 5.02 Å². The molecule has 0 saturated heterocycles. The highest BCUT2D eigenvalue weighted by Gasteiger charge is 2.22. The van der Waals surface area contributed by atoms with E-state index in [1.165, 1.54) is 6.33 Å². The van der Waals surface area contributed by atoms with Crippen molar-refractivity contribution in [2.45, 2.75) is 26.4 Å². The second-order valence-electron chi connectivity index (χ2n) is 6.46. The van der Waals surface area contributed by atoms with Gasteiger partial charge in [0.2, 0.25) is 0 Å². The number of fused-ring (bicyclic) bond motifs is 1. The smallest absolute Gasteiger partial charge is 0.255 e.